The fourth-order valence-electron chi connectivity index (χ4n) is 3.76. The van der Waals surface area contributed by atoms with Crippen molar-refractivity contribution in [3.63, 3.8) is 0 Å². The second-order valence-electron chi connectivity index (χ2n) is 7.68. The summed E-state index contributed by atoms with van der Waals surface area (Å²) in [5.41, 5.74) is 2.25. The van der Waals surface area contributed by atoms with Gasteiger partial charge in [0.1, 0.15) is 5.82 Å². The van der Waals surface area contributed by atoms with Crippen LogP contribution in [0.5, 0.6) is 0 Å². The van der Waals surface area contributed by atoms with Crippen molar-refractivity contribution in [1.29, 1.82) is 0 Å². The average Bonchev–Trinajstić information content (AvgIpc) is 2.77. The van der Waals surface area contributed by atoms with E-state index in [0.717, 1.165) is 69.3 Å². The van der Waals surface area contributed by atoms with Crippen LogP contribution in [0.3, 0.4) is 0 Å². The van der Waals surface area contributed by atoms with Crippen molar-refractivity contribution in [2.75, 3.05) is 44.2 Å². The van der Waals surface area contributed by atoms with Gasteiger partial charge in [-0.05, 0) is 38.9 Å². The van der Waals surface area contributed by atoms with Crippen LogP contribution in [0.15, 0.2) is 36.5 Å². The van der Waals surface area contributed by atoms with E-state index < -0.39 is 0 Å². The molecule has 0 spiro atoms. The molecule has 1 aliphatic rings. The molecule has 1 amide bonds. The number of anilines is 1. The van der Waals surface area contributed by atoms with Crippen LogP contribution in [0.2, 0.25) is 0 Å². The number of carbonyl (C=O) groups is 1. The van der Waals surface area contributed by atoms with E-state index in [-0.39, 0.29) is 11.8 Å². The third kappa shape index (κ3) is 5.76. The maximum absolute atomic E-state index is 12.5. The quantitative estimate of drug-likeness (QED) is 0.744. The highest BCUT2D eigenvalue weighted by Crippen LogP contribution is 2.24. The Kier molecular flexibility index (Phi) is 7.58. The molecule has 2 heterocycles. The van der Waals surface area contributed by atoms with E-state index in [0.29, 0.717) is 0 Å². The van der Waals surface area contributed by atoms with Crippen molar-refractivity contribution in [1.82, 2.24) is 20.2 Å². The first kappa shape index (κ1) is 21.2. The van der Waals surface area contributed by atoms with E-state index in [1.165, 1.54) is 5.56 Å². The Morgan fingerprint density at radius 2 is 1.83 bits per heavy atom. The molecule has 0 aliphatic carbocycles. The molecule has 2 aromatic rings. The summed E-state index contributed by atoms with van der Waals surface area (Å²) in [6.45, 7) is 11.8. The predicted octanol–water partition coefficient (Wildman–Crippen LogP) is 3.13. The second-order valence-corrected chi connectivity index (χ2v) is 7.68. The molecule has 1 aromatic carbocycles. The molecule has 0 atom stereocenters. The summed E-state index contributed by atoms with van der Waals surface area (Å²) in [5.74, 6) is 1.98. The molecule has 0 saturated carbocycles. The molecule has 156 valence electrons. The molecule has 1 saturated heterocycles. The fourth-order valence-corrected chi connectivity index (χ4v) is 3.76. The van der Waals surface area contributed by atoms with Gasteiger partial charge in [0.05, 0.1) is 0 Å². The number of hydrogen-bond acceptors (Lipinski definition) is 5. The first-order valence-electron chi connectivity index (χ1n) is 10.8. The highest BCUT2D eigenvalue weighted by molar-refractivity contribution is 5.79. The number of piperidine rings is 1. The Balaban J connectivity index is 1.52. The Hall–Kier alpha value is -2.47. The van der Waals surface area contributed by atoms with Crippen molar-refractivity contribution in [2.45, 2.75) is 33.6 Å². The summed E-state index contributed by atoms with van der Waals surface area (Å²) in [6.07, 6.45) is 3.55. The molecule has 1 aromatic heterocycles. The second kappa shape index (κ2) is 10.3. The smallest absolute Gasteiger partial charge is 0.223 e. The van der Waals surface area contributed by atoms with Crippen LogP contribution in [0.4, 0.5) is 5.82 Å². The average molecular weight is 396 g/mol. The molecule has 0 unspecified atom stereocenters. The van der Waals surface area contributed by atoms with Gasteiger partial charge in [-0.2, -0.15) is 0 Å². The summed E-state index contributed by atoms with van der Waals surface area (Å²) in [6, 6.07) is 10.2. The third-order valence-corrected chi connectivity index (χ3v) is 5.76. The van der Waals surface area contributed by atoms with E-state index in [1.54, 1.807) is 0 Å². The molecule has 1 fully saturated rings. The first-order valence-corrected chi connectivity index (χ1v) is 10.8. The van der Waals surface area contributed by atoms with E-state index in [2.05, 4.69) is 65.1 Å². The van der Waals surface area contributed by atoms with Gasteiger partial charge in [0.15, 0.2) is 5.82 Å². The highest BCUT2D eigenvalue weighted by atomic mass is 16.1. The molecule has 1 N–H and O–H groups in total. The topological polar surface area (TPSA) is 61.4 Å². The molecule has 6 nitrogen and oxygen atoms in total. The lowest BCUT2D eigenvalue weighted by Gasteiger charge is -2.32. The first-order chi connectivity index (χ1) is 14.1. The van der Waals surface area contributed by atoms with Gasteiger partial charge < -0.3 is 15.1 Å². The monoisotopic (exact) mass is 395 g/mol. The number of carbonyl (C=O) groups excluding carboxylic acids is 1. The number of nitrogens with one attached hydrogen (secondary N) is 1. The SMILES string of the molecule is CCN(CC)CCNC(=O)C1CCN(c2ccnc(-c3ccc(C)cc3)n2)CC1. The van der Waals surface area contributed by atoms with Crippen molar-refractivity contribution >= 4 is 11.7 Å². The Morgan fingerprint density at radius 3 is 2.48 bits per heavy atom. The number of aryl methyl sites for hydroxylation is 1. The van der Waals surface area contributed by atoms with Gasteiger partial charge >= 0.3 is 0 Å². The van der Waals surface area contributed by atoms with Crippen LogP contribution >= 0.6 is 0 Å². The van der Waals surface area contributed by atoms with Crippen molar-refractivity contribution in [3.05, 3.63) is 42.1 Å². The predicted molar refractivity (Wildman–Crippen MR) is 118 cm³/mol. The van der Waals surface area contributed by atoms with Crippen LogP contribution in [0.1, 0.15) is 32.3 Å². The van der Waals surface area contributed by atoms with E-state index in [9.17, 15) is 4.79 Å². The van der Waals surface area contributed by atoms with Crippen molar-refractivity contribution in [2.24, 2.45) is 5.92 Å². The number of amides is 1. The Bertz CT molecular complexity index is 780. The van der Waals surface area contributed by atoms with Crippen molar-refractivity contribution < 1.29 is 4.79 Å². The lowest BCUT2D eigenvalue weighted by Crippen LogP contribution is -2.42. The number of likely N-dealkylation sites (N-methyl/N-ethyl adjacent to an activating group) is 1. The number of rotatable bonds is 8. The number of hydrogen-bond donors (Lipinski definition) is 1. The van der Waals surface area contributed by atoms with Gasteiger partial charge in [0.2, 0.25) is 5.91 Å². The summed E-state index contributed by atoms with van der Waals surface area (Å²) >= 11 is 0. The van der Waals surface area contributed by atoms with E-state index in [4.69, 9.17) is 4.98 Å². The molecule has 6 heteroatoms. The summed E-state index contributed by atoms with van der Waals surface area (Å²) in [7, 11) is 0. The maximum atomic E-state index is 12.5. The minimum Gasteiger partial charge on any atom is -0.356 e. The zero-order chi connectivity index (χ0) is 20.6. The van der Waals surface area contributed by atoms with Crippen LogP contribution in [0, 0.1) is 12.8 Å². The number of aromatic nitrogens is 2. The number of benzene rings is 1. The maximum Gasteiger partial charge on any atom is 0.223 e. The van der Waals surface area contributed by atoms with E-state index >= 15 is 0 Å². The van der Waals surface area contributed by atoms with Crippen LogP contribution in [-0.2, 0) is 4.79 Å². The zero-order valence-corrected chi connectivity index (χ0v) is 17.9. The third-order valence-electron chi connectivity index (χ3n) is 5.76. The normalized spacial score (nSPS) is 15.0. The molecule has 0 radical (unpaired) electrons. The Labute approximate surface area is 174 Å². The van der Waals surface area contributed by atoms with Crippen LogP contribution in [0.25, 0.3) is 11.4 Å². The van der Waals surface area contributed by atoms with Crippen LogP contribution in [-0.4, -0.2) is 60.0 Å². The Morgan fingerprint density at radius 1 is 1.14 bits per heavy atom. The minimum absolute atomic E-state index is 0.0985. The van der Waals surface area contributed by atoms with Crippen molar-refractivity contribution in [3.8, 4) is 11.4 Å². The van der Waals surface area contributed by atoms with Gasteiger partial charge in [-0.25, -0.2) is 9.97 Å². The highest BCUT2D eigenvalue weighted by Gasteiger charge is 2.25. The van der Waals surface area contributed by atoms with E-state index in [1.807, 2.05) is 12.3 Å². The lowest BCUT2D eigenvalue weighted by molar-refractivity contribution is -0.125. The lowest BCUT2D eigenvalue weighted by atomic mass is 9.96. The fraction of sp³-hybridized carbons (Fsp3) is 0.522. The molecule has 0 bridgehead atoms. The number of nitrogens with zero attached hydrogens (tertiary/aromatic N) is 4. The summed E-state index contributed by atoms with van der Waals surface area (Å²) in [4.78, 5) is 26.3. The minimum atomic E-state index is 0.0985. The summed E-state index contributed by atoms with van der Waals surface area (Å²) in [5, 5.41) is 3.12. The largest absolute Gasteiger partial charge is 0.356 e. The molecular weight excluding hydrogens is 362 g/mol. The standard InChI is InChI=1S/C23H33N5O/c1-4-27(5-2)17-14-25-23(29)20-11-15-28(16-12-20)21-10-13-24-22(26-21)19-8-6-18(3)7-9-19/h6-10,13,20H,4-5,11-12,14-17H2,1-3H3,(H,25,29). The molecule has 29 heavy (non-hydrogen) atoms. The molecule has 3 rings (SSSR count). The molecular formula is C23H33N5O. The van der Waals surface area contributed by atoms with Gasteiger partial charge in [0, 0.05) is 43.9 Å². The van der Waals surface area contributed by atoms with Crippen LogP contribution < -0.4 is 10.2 Å². The van der Waals surface area contributed by atoms with Gasteiger partial charge in [-0.3, -0.25) is 4.79 Å². The van der Waals surface area contributed by atoms with Gasteiger partial charge in [-0.1, -0.05) is 43.7 Å². The molecule has 1 aliphatic heterocycles. The zero-order valence-electron chi connectivity index (χ0n) is 17.9. The summed E-state index contributed by atoms with van der Waals surface area (Å²) < 4.78 is 0. The van der Waals surface area contributed by atoms with Gasteiger partial charge in [-0.15, -0.1) is 0 Å². The van der Waals surface area contributed by atoms with Gasteiger partial charge in [0.25, 0.3) is 0 Å².